The molecule has 17 heavy (non-hydrogen) atoms. The van der Waals surface area contributed by atoms with Gasteiger partial charge in [-0.1, -0.05) is 31.2 Å². The first-order valence-corrected chi connectivity index (χ1v) is 6.53. The molecule has 2 aliphatic rings. The molecule has 0 heterocycles. The van der Waals surface area contributed by atoms with Gasteiger partial charge in [0.05, 0.1) is 6.04 Å². The van der Waals surface area contributed by atoms with Crippen molar-refractivity contribution in [1.82, 2.24) is 4.90 Å². The molecule has 2 nitrogen and oxygen atoms in total. The van der Waals surface area contributed by atoms with Crippen molar-refractivity contribution in [2.45, 2.75) is 32.2 Å². The van der Waals surface area contributed by atoms with Crippen molar-refractivity contribution >= 4 is 5.91 Å². The normalized spacial score (nSPS) is 29.9. The Morgan fingerprint density at radius 2 is 2.06 bits per heavy atom. The Hall–Kier alpha value is -1.31. The lowest BCUT2D eigenvalue weighted by Crippen LogP contribution is -2.31. The lowest BCUT2D eigenvalue weighted by molar-refractivity contribution is -0.133. The van der Waals surface area contributed by atoms with E-state index in [1.54, 1.807) is 0 Å². The molecule has 3 atom stereocenters. The van der Waals surface area contributed by atoms with Gasteiger partial charge in [0.15, 0.2) is 0 Å². The van der Waals surface area contributed by atoms with E-state index < -0.39 is 0 Å². The van der Waals surface area contributed by atoms with E-state index in [4.69, 9.17) is 0 Å². The number of fused-ring (bicyclic) bond motifs is 1. The molecule has 1 saturated carbocycles. The number of amides is 1. The lowest BCUT2D eigenvalue weighted by atomic mass is 10.1. The quantitative estimate of drug-likeness (QED) is 0.763. The van der Waals surface area contributed by atoms with Crippen LogP contribution in [-0.4, -0.2) is 17.9 Å². The van der Waals surface area contributed by atoms with E-state index in [1.807, 2.05) is 11.9 Å². The summed E-state index contributed by atoms with van der Waals surface area (Å²) in [6.07, 6.45) is 3.28. The molecule has 0 bridgehead atoms. The summed E-state index contributed by atoms with van der Waals surface area (Å²) < 4.78 is 0. The highest BCUT2D eigenvalue weighted by atomic mass is 16.2. The fraction of sp³-hybridized carbons (Fsp3) is 0.533. The van der Waals surface area contributed by atoms with Gasteiger partial charge in [0.1, 0.15) is 0 Å². The molecular weight excluding hydrogens is 210 g/mol. The Morgan fingerprint density at radius 1 is 1.35 bits per heavy atom. The Balaban J connectivity index is 1.80. The van der Waals surface area contributed by atoms with Gasteiger partial charge in [0.2, 0.25) is 5.91 Å². The fourth-order valence-electron chi connectivity index (χ4n) is 3.02. The Labute approximate surface area is 103 Å². The van der Waals surface area contributed by atoms with Crippen molar-refractivity contribution in [3.63, 3.8) is 0 Å². The van der Waals surface area contributed by atoms with Gasteiger partial charge in [0, 0.05) is 13.0 Å². The monoisotopic (exact) mass is 229 g/mol. The predicted molar refractivity (Wildman–Crippen MR) is 67.5 cm³/mol. The maximum Gasteiger partial charge on any atom is 0.226 e. The van der Waals surface area contributed by atoms with Gasteiger partial charge in [-0.3, -0.25) is 4.79 Å². The number of hydrogen-bond acceptors (Lipinski definition) is 1. The predicted octanol–water partition coefficient (Wildman–Crippen LogP) is 2.79. The molecule has 1 aromatic rings. The minimum absolute atomic E-state index is 0.299. The van der Waals surface area contributed by atoms with Gasteiger partial charge in [-0.25, -0.2) is 0 Å². The second-order valence-corrected chi connectivity index (χ2v) is 5.52. The van der Waals surface area contributed by atoms with E-state index in [2.05, 4.69) is 31.2 Å². The van der Waals surface area contributed by atoms with Gasteiger partial charge in [-0.15, -0.1) is 0 Å². The first-order valence-electron chi connectivity index (χ1n) is 6.53. The lowest BCUT2D eigenvalue weighted by Gasteiger charge is -2.25. The molecule has 1 aromatic carbocycles. The Morgan fingerprint density at radius 3 is 2.76 bits per heavy atom. The zero-order valence-electron chi connectivity index (χ0n) is 10.5. The first-order chi connectivity index (χ1) is 8.18. The van der Waals surface area contributed by atoms with Crippen molar-refractivity contribution in [2.75, 3.05) is 7.05 Å². The van der Waals surface area contributed by atoms with Crippen LogP contribution in [0.1, 0.15) is 36.9 Å². The molecule has 0 spiro atoms. The molecule has 3 unspecified atom stereocenters. The highest BCUT2D eigenvalue weighted by molar-refractivity contribution is 5.82. The summed E-state index contributed by atoms with van der Waals surface area (Å²) in [5.41, 5.74) is 2.78. The fourth-order valence-corrected chi connectivity index (χ4v) is 3.02. The molecule has 1 amide bonds. The van der Waals surface area contributed by atoms with Crippen LogP contribution in [0.4, 0.5) is 0 Å². The Bertz CT molecular complexity index is 454. The third-order valence-electron chi connectivity index (χ3n) is 4.34. The summed E-state index contributed by atoms with van der Waals surface area (Å²) in [4.78, 5) is 14.2. The number of benzene rings is 1. The summed E-state index contributed by atoms with van der Waals surface area (Å²) in [5.74, 6) is 1.24. The Kier molecular flexibility index (Phi) is 2.46. The van der Waals surface area contributed by atoms with Crippen molar-refractivity contribution in [3.8, 4) is 0 Å². The van der Waals surface area contributed by atoms with Crippen molar-refractivity contribution in [3.05, 3.63) is 35.4 Å². The van der Waals surface area contributed by atoms with Crippen LogP contribution in [0.5, 0.6) is 0 Å². The van der Waals surface area contributed by atoms with Crippen molar-refractivity contribution in [1.29, 1.82) is 0 Å². The minimum Gasteiger partial charge on any atom is -0.338 e. The molecule has 3 rings (SSSR count). The summed E-state index contributed by atoms with van der Waals surface area (Å²) in [5, 5.41) is 0. The van der Waals surface area contributed by atoms with E-state index in [0.29, 0.717) is 23.8 Å². The zero-order valence-corrected chi connectivity index (χ0v) is 10.5. The van der Waals surface area contributed by atoms with Crippen LogP contribution in [0, 0.1) is 11.8 Å². The average molecular weight is 229 g/mol. The maximum absolute atomic E-state index is 12.2. The van der Waals surface area contributed by atoms with Crippen LogP contribution in [0.2, 0.25) is 0 Å². The zero-order chi connectivity index (χ0) is 12.0. The van der Waals surface area contributed by atoms with Crippen molar-refractivity contribution < 1.29 is 4.79 Å². The van der Waals surface area contributed by atoms with Gasteiger partial charge >= 0.3 is 0 Å². The second-order valence-electron chi connectivity index (χ2n) is 5.52. The van der Waals surface area contributed by atoms with Gasteiger partial charge < -0.3 is 4.90 Å². The van der Waals surface area contributed by atoms with E-state index in [0.717, 1.165) is 19.3 Å². The van der Waals surface area contributed by atoms with Crippen molar-refractivity contribution in [2.24, 2.45) is 11.8 Å². The topological polar surface area (TPSA) is 20.3 Å². The number of carbonyl (C=O) groups is 1. The summed E-state index contributed by atoms with van der Waals surface area (Å²) in [7, 11) is 1.97. The van der Waals surface area contributed by atoms with E-state index in [1.165, 1.54) is 11.1 Å². The molecule has 1 fully saturated rings. The van der Waals surface area contributed by atoms with E-state index in [-0.39, 0.29) is 0 Å². The van der Waals surface area contributed by atoms with Crippen LogP contribution >= 0.6 is 0 Å². The molecule has 0 aliphatic heterocycles. The molecule has 0 aromatic heterocycles. The summed E-state index contributed by atoms with van der Waals surface area (Å²) >= 11 is 0. The molecule has 2 heteroatoms. The molecule has 0 saturated heterocycles. The average Bonchev–Trinajstić information content (AvgIpc) is 2.92. The third kappa shape index (κ3) is 1.76. The van der Waals surface area contributed by atoms with Gasteiger partial charge in [-0.2, -0.15) is 0 Å². The summed E-state index contributed by atoms with van der Waals surface area (Å²) in [6.45, 7) is 2.17. The van der Waals surface area contributed by atoms with E-state index in [9.17, 15) is 4.79 Å². The minimum atomic E-state index is 0.299. The third-order valence-corrected chi connectivity index (χ3v) is 4.34. The number of rotatable bonds is 2. The first kappa shape index (κ1) is 10.8. The van der Waals surface area contributed by atoms with Crippen LogP contribution < -0.4 is 0 Å². The highest BCUT2D eigenvalue weighted by Gasteiger charge is 2.42. The molecule has 0 N–H and O–H groups in total. The SMILES string of the molecule is CC1CC1C(=O)N(C)C1CCc2ccccc21. The molecule has 2 aliphatic carbocycles. The van der Waals surface area contributed by atoms with Crippen LogP contribution in [-0.2, 0) is 11.2 Å². The number of nitrogens with zero attached hydrogens (tertiary/aromatic N) is 1. The number of carbonyl (C=O) groups excluding carboxylic acids is 1. The van der Waals surface area contributed by atoms with E-state index >= 15 is 0 Å². The number of hydrogen-bond donors (Lipinski definition) is 0. The second kappa shape index (κ2) is 3.86. The molecule has 90 valence electrons. The largest absolute Gasteiger partial charge is 0.338 e. The van der Waals surface area contributed by atoms with Crippen LogP contribution in [0.25, 0.3) is 0 Å². The maximum atomic E-state index is 12.2. The van der Waals surface area contributed by atoms with Crippen LogP contribution in [0.15, 0.2) is 24.3 Å². The highest BCUT2D eigenvalue weighted by Crippen LogP contribution is 2.42. The molecule has 0 radical (unpaired) electrons. The number of aryl methyl sites for hydroxylation is 1. The van der Waals surface area contributed by atoms with Gasteiger partial charge in [-0.05, 0) is 36.3 Å². The summed E-state index contributed by atoms with van der Waals surface area (Å²) in [6, 6.07) is 8.84. The van der Waals surface area contributed by atoms with Crippen LogP contribution in [0.3, 0.4) is 0 Å². The molecular formula is C15H19NO. The smallest absolute Gasteiger partial charge is 0.226 e. The van der Waals surface area contributed by atoms with Gasteiger partial charge in [0.25, 0.3) is 0 Å². The standard InChI is InChI=1S/C15H19NO/c1-10-9-13(10)15(17)16(2)14-8-7-11-5-3-4-6-12(11)14/h3-6,10,13-14H,7-9H2,1-2H3.